The topological polar surface area (TPSA) is 43.1 Å². The molecule has 0 amide bonds. The summed E-state index contributed by atoms with van der Waals surface area (Å²) in [7, 11) is 0. The first-order chi connectivity index (χ1) is 5.54. The second-order valence-electron chi connectivity index (χ2n) is 3.80. The van der Waals surface area contributed by atoms with Crippen molar-refractivity contribution < 1.29 is 9.32 Å². The normalized spacial score (nSPS) is 11.6. The van der Waals surface area contributed by atoms with Crippen molar-refractivity contribution in [3.05, 3.63) is 17.5 Å². The van der Waals surface area contributed by atoms with Crippen LogP contribution in [0.3, 0.4) is 0 Å². The molecule has 0 saturated heterocycles. The molecular weight excluding hydrogens is 154 g/mol. The fraction of sp³-hybridized carbons (Fsp3) is 0.556. The van der Waals surface area contributed by atoms with Gasteiger partial charge in [0, 0.05) is 17.9 Å². The van der Waals surface area contributed by atoms with Gasteiger partial charge in [0.1, 0.15) is 12.0 Å². The van der Waals surface area contributed by atoms with Crippen LogP contribution < -0.4 is 0 Å². The molecule has 3 heteroatoms. The van der Waals surface area contributed by atoms with Gasteiger partial charge in [0.2, 0.25) is 0 Å². The third-order valence-electron chi connectivity index (χ3n) is 1.59. The van der Waals surface area contributed by atoms with E-state index in [-0.39, 0.29) is 5.41 Å². The Balaban J connectivity index is 2.84. The Hall–Kier alpha value is -1.12. The van der Waals surface area contributed by atoms with E-state index in [1.165, 1.54) is 0 Å². The molecule has 0 unspecified atom stereocenters. The zero-order valence-electron chi connectivity index (χ0n) is 7.63. The first-order valence-electron chi connectivity index (χ1n) is 3.94. The number of carbonyl (C=O) groups is 1. The Morgan fingerprint density at radius 3 is 2.67 bits per heavy atom. The predicted molar refractivity (Wildman–Crippen MR) is 45.0 cm³/mol. The lowest BCUT2D eigenvalue weighted by atomic mass is 9.93. The highest BCUT2D eigenvalue weighted by molar-refractivity contribution is 5.53. The lowest BCUT2D eigenvalue weighted by Crippen LogP contribution is -2.09. The van der Waals surface area contributed by atoms with Gasteiger partial charge in [0.15, 0.2) is 0 Å². The average Bonchev–Trinajstić information content (AvgIpc) is 2.35. The molecule has 3 nitrogen and oxygen atoms in total. The maximum Gasteiger partial charge on any atom is 0.142 e. The van der Waals surface area contributed by atoms with Gasteiger partial charge in [0.05, 0.1) is 5.69 Å². The van der Waals surface area contributed by atoms with E-state index in [1.807, 2.05) is 26.8 Å². The fourth-order valence-electron chi connectivity index (χ4n) is 0.847. The van der Waals surface area contributed by atoms with Crippen LogP contribution >= 0.6 is 0 Å². The summed E-state index contributed by atoms with van der Waals surface area (Å²) in [4.78, 5) is 10.2. The van der Waals surface area contributed by atoms with Gasteiger partial charge in [-0.05, 0) is 0 Å². The standard InChI is InChI=1S/C9H13NO2/c1-9(2,3)8-6-7(4-5-11)10-12-8/h5-6H,4H2,1-3H3. The Labute approximate surface area is 71.7 Å². The fourth-order valence-corrected chi connectivity index (χ4v) is 0.847. The molecule has 0 radical (unpaired) electrons. The zero-order chi connectivity index (χ0) is 9.19. The van der Waals surface area contributed by atoms with Crippen LogP contribution in [0.5, 0.6) is 0 Å². The van der Waals surface area contributed by atoms with Crippen LogP contribution in [-0.2, 0) is 16.6 Å². The lowest BCUT2D eigenvalue weighted by molar-refractivity contribution is -0.107. The van der Waals surface area contributed by atoms with Gasteiger partial charge < -0.3 is 9.32 Å². The highest BCUT2D eigenvalue weighted by atomic mass is 16.5. The van der Waals surface area contributed by atoms with Crippen molar-refractivity contribution in [3.63, 3.8) is 0 Å². The van der Waals surface area contributed by atoms with E-state index in [9.17, 15) is 4.79 Å². The quantitative estimate of drug-likeness (QED) is 0.630. The third kappa shape index (κ3) is 1.94. The summed E-state index contributed by atoms with van der Waals surface area (Å²) in [5, 5.41) is 3.77. The summed E-state index contributed by atoms with van der Waals surface area (Å²) < 4.78 is 5.07. The summed E-state index contributed by atoms with van der Waals surface area (Å²) in [6, 6.07) is 1.83. The first-order valence-corrected chi connectivity index (χ1v) is 3.94. The summed E-state index contributed by atoms with van der Waals surface area (Å²) in [5.74, 6) is 0.819. The van der Waals surface area contributed by atoms with Gasteiger partial charge in [-0.3, -0.25) is 0 Å². The zero-order valence-corrected chi connectivity index (χ0v) is 7.63. The van der Waals surface area contributed by atoms with Crippen LogP contribution in [0.25, 0.3) is 0 Å². The number of rotatable bonds is 2. The van der Waals surface area contributed by atoms with E-state index in [1.54, 1.807) is 0 Å². The van der Waals surface area contributed by atoms with E-state index in [4.69, 9.17) is 4.52 Å². The van der Waals surface area contributed by atoms with Crippen LogP contribution in [0.4, 0.5) is 0 Å². The maximum absolute atomic E-state index is 10.2. The number of nitrogens with zero attached hydrogens (tertiary/aromatic N) is 1. The van der Waals surface area contributed by atoms with Crippen LogP contribution in [0.1, 0.15) is 32.2 Å². The van der Waals surface area contributed by atoms with Gasteiger partial charge in [-0.15, -0.1) is 0 Å². The minimum Gasteiger partial charge on any atom is -0.361 e. The van der Waals surface area contributed by atoms with E-state index in [0.29, 0.717) is 12.1 Å². The van der Waals surface area contributed by atoms with Crippen molar-refractivity contribution in [2.24, 2.45) is 0 Å². The van der Waals surface area contributed by atoms with Gasteiger partial charge in [-0.2, -0.15) is 0 Å². The molecule has 0 spiro atoms. The number of carbonyl (C=O) groups excluding carboxylic acids is 1. The molecule has 0 bridgehead atoms. The molecular formula is C9H13NO2. The van der Waals surface area contributed by atoms with E-state index in [0.717, 1.165) is 12.0 Å². The molecule has 12 heavy (non-hydrogen) atoms. The first kappa shape index (κ1) is 8.97. The molecule has 1 aromatic heterocycles. The van der Waals surface area contributed by atoms with Crippen LogP contribution in [0, 0.1) is 0 Å². The van der Waals surface area contributed by atoms with Crippen LogP contribution in [0.2, 0.25) is 0 Å². The molecule has 0 fully saturated rings. The number of aromatic nitrogens is 1. The Bertz CT molecular complexity index is 270. The molecule has 0 aliphatic heterocycles. The smallest absolute Gasteiger partial charge is 0.142 e. The van der Waals surface area contributed by atoms with Crippen molar-refractivity contribution in [3.8, 4) is 0 Å². The van der Waals surface area contributed by atoms with Crippen LogP contribution in [0.15, 0.2) is 10.6 Å². The van der Waals surface area contributed by atoms with Crippen molar-refractivity contribution in [2.75, 3.05) is 0 Å². The molecule has 1 heterocycles. The Morgan fingerprint density at radius 2 is 2.25 bits per heavy atom. The Kier molecular flexibility index (Phi) is 2.31. The van der Waals surface area contributed by atoms with Crippen molar-refractivity contribution in [1.82, 2.24) is 5.16 Å². The SMILES string of the molecule is CC(C)(C)c1cc(CC=O)no1. The largest absolute Gasteiger partial charge is 0.361 e. The summed E-state index contributed by atoms with van der Waals surface area (Å²) in [6.07, 6.45) is 1.16. The molecule has 0 aliphatic rings. The van der Waals surface area contributed by atoms with E-state index >= 15 is 0 Å². The average molecular weight is 167 g/mol. The summed E-state index contributed by atoms with van der Waals surface area (Å²) in [5.41, 5.74) is 0.670. The number of aldehydes is 1. The van der Waals surface area contributed by atoms with Gasteiger partial charge >= 0.3 is 0 Å². The number of hydrogen-bond donors (Lipinski definition) is 0. The second kappa shape index (κ2) is 3.09. The number of hydrogen-bond acceptors (Lipinski definition) is 3. The van der Waals surface area contributed by atoms with E-state index < -0.39 is 0 Å². The molecule has 1 rings (SSSR count). The van der Waals surface area contributed by atoms with Gasteiger partial charge in [0.25, 0.3) is 0 Å². The van der Waals surface area contributed by atoms with Crippen molar-refractivity contribution >= 4 is 6.29 Å². The third-order valence-corrected chi connectivity index (χ3v) is 1.59. The molecule has 0 atom stereocenters. The van der Waals surface area contributed by atoms with Crippen LogP contribution in [-0.4, -0.2) is 11.4 Å². The second-order valence-corrected chi connectivity index (χ2v) is 3.80. The molecule has 0 saturated carbocycles. The van der Waals surface area contributed by atoms with E-state index in [2.05, 4.69) is 5.16 Å². The van der Waals surface area contributed by atoms with Gasteiger partial charge in [-0.25, -0.2) is 0 Å². The monoisotopic (exact) mass is 167 g/mol. The minimum absolute atomic E-state index is 0.0336. The molecule has 0 aromatic carbocycles. The molecule has 1 aromatic rings. The Morgan fingerprint density at radius 1 is 1.58 bits per heavy atom. The predicted octanol–water partition coefficient (Wildman–Crippen LogP) is 1.71. The minimum atomic E-state index is -0.0336. The molecule has 0 aliphatic carbocycles. The van der Waals surface area contributed by atoms with Crippen molar-refractivity contribution in [2.45, 2.75) is 32.6 Å². The summed E-state index contributed by atoms with van der Waals surface area (Å²) >= 11 is 0. The highest BCUT2D eigenvalue weighted by Gasteiger charge is 2.19. The van der Waals surface area contributed by atoms with Gasteiger partial charge in [-0.1, -0.05) is 25.9 Å². The lowest BCUT2D eigenvalue weighted by Gasteiger charge is -2.12. The van der Waals surface area contributed by atoms with Crippen molar-refractivity contribution in [1.29, 1.82) is 0 Å². The maximum atomic E-state index is 10.2. The molecule has 0 N–H and O–H groups in total. The molecule has 66 valence electrons. The highest BCUT2D eigenvalue weighted by Crippen LogP contribution is 2.22. The summed E-state index contributed by atoms with van der Waals surface area (Å²) in [6.45, 7) is 6.12.